The zero-order valence-electron chi connectivity index (χ0n) is 13.8. The van der Waals surface area contributed by atoms with Crippen molar-refractivity contribution in [2.45, 2.75) is 49.7 Å². The molecule has 0 radical (unpaired) electrons. The van der Waals surface area contributed by atoms with Crippen LogP contribution in [0.2, 0.25) is 0 Å². The average Bonchev–Trinajstić information content (AvgIpc) is 2.54. The molecular formula is C18H28N2OS. The lowest BCUT2D eigenvalue weighted by Crippen LogP contribution is -2.35. The summed E-state index contributed by atoms with van der Waals surface area (Å²) in [6, 6.07) is 8.34. The molecule has 0 unspecified atom stereocenters. The van der Waals surface area contributed by atoms with Crippen LogP contribution < -0.4 is 5.32 Å². The van der Waals surface area contributed by atoms with Gasteiger partial charge in [-0.2, -0.15) is 0 Å². The van der Waals surface area contributed by atoms with Gasteiger partial charge in [0.25, 0.3) is 0 Å². The highest BCUT2D eigenvalue weighted by atomic mass is 32.2. The van der Waals surface area contributed by atoms with Gasteiger partial charge in [0, 0.05) is 11.4 Å². The van der Waals surface area contributed by atoms with E-state index in [1.165, 1.54) is 37.9 Å². The molecule has 3 nitrogen and oxygen atoms in total. The average molecular weight is 321 g/mol. The summed E-state index contributed by atoms with van der Waals surface area (Å²) in [7, 11) is 0. The van der Waals surface area contributed by atoms with Crippen molar-refractivity contribution in [1.29, 1.82) is 0 Å². The fourth-order valence-electron chi connectivity index (χ4n) is 2.72. The van der Waals surface area contributed by atoms with Gasteiger partial charge in [-0.25, -0.2) is 0 Å². The van der Waals surface area contributed by atoms with Crippen LogP contribution in [0.1, 0.15) is 38.2 Å². The minimum absolute atomic E-state index is 0.0438. The molecule has 0 aromatic heterocycles. The second-order valence-electron chi connectivity index (χ2n) is 6.12. The van der Waals surface area contributed by atoms with Crippen LogP contribution >= 0.6 is 11.8 Å². The Morgan fingerprint density at radius 1 is 1.23 bits per heavy atom. The van der Waals surface area contributed by atoms with Gasteiger partial charge in [0.2, 0.25) is 5.91 Å². The van der Waals surface area contributed by atoms with Crippen molar-refractivity contribution < 1.29 is 4.79 Å². The lowest BCUT2D eigenvalue weighted by molar-refractivity contribution is -0.120. The highest BCUT2D eigenvalue weighted by molar-refractivity contribution is 8.00. The summed E-state index contributed by atoms with van der Waals surface area (Å²) in [6.07, 6.45) is 5.09. The summed E-state index contributed by atoms with van der Waals surface area (Å²) in [4.78, 5) is 15.8. The Balaban J connectivity index is 1.62. The third-order valence-electron chi connectivity index (χ3n) is 4.10. The number of piperidine rings is 1. The SMILES string of the molecule is Cc1ccc(S[C@@H](C)C(=O)NCCCN2CCCCC2)cc1. The molecule has 1 saturated heterocycles. The number of nitrogens with zero attached hydrogens (tertiary/aromatic N) is 1. The Morgan fingerprint density at radius 3 is 2.59 bits per heavy atom. The van der Waals surface area contributed by atoms with Crippen molar-refractivity contribution in [3.63, 3.8) is 0 Å². The van der Waals surface area contributed by atoms with E-state index >= 15 is 0 Å². The molecule has 1 atom stereocenters. The summed E-state index contributed by atoms with van der Waals surface area (Å²) in [5.74, 6) is 0.143. The standard InChI is InChI=1S/C18H28N2OS/c1-15-7-9-17(10-8-15)22-16(2)18(21)19-11-6-14-20-12-4-3-5-13-20/h7-10,16H,3-6,11-14H2,1-2H3,(H,19,21)/t16-/m0/s1. The van der Waals surface area contributed by atoms with Gasteiger partial charge in [-0.1, -0.05) is 24.1 Å². The number of aryl methyl sites for hydroxylation is 1. The molecule has 1 aliphatic heterocycles. The van der Waals surface area contributed by atoms with E-state index in [2.05, 4.69) is 41.4 Å². The van der Waals surface area contributed by atoms with Crippen LogP contribution in [0.25, 0.3) is 0 Å². The molecule has 1 aromatic rings. The molecule has 1 heterocycles. The number of thioether (sulfide) groups is 1. The van der Waals surface area contributed by atoms with Crippen LogP contribution in [0.3, 0.4) is 0 Å². The van der Waals surface area contributed by atoms with Gasteiger partial charge in [0.15, 0.2) is 0 Å². The first-order valence-electron chi connectivity index (χ1n) is 8.38. The molecule has 0 bridgehead atoms. The Morgan fingerprint density at radius 2 is 1.91 bits per heavy atom. The summed E-state index contributed by atoms with van der Waals surface area (Å²) >= 11 is 1.62. The second kappa shape index (κ2) is 9.21. The minimum atomic E-state index is -0.0438. The van der Waals surface area contributed by atoms with Gasteiger partial charge in [-0.15, -0.1) is 11.8 Å². The van der Waals surface area contributed by atoms with Crippen LogP contribution in [0.5, 0.6) is 0 Å². The third-order valence-corrected chi connectivity index (χ3v) is 5.21. The van der Waals surface area contributed by atoms with Crippen molar-refractivity contribution in [2.24, 2.45) is 0 Å². The van der Waals surface area contributed by atoms with Crippen LogP contribution in [0, 0.1) is 6.92 Å². The van der Waals surface area contributed by atoms with E-state index in [-0.39, 0.29) is 11.2 Å². The van der Waals surface area contributed by atoms with Crippen LogP contribution in [-0.4, -0.2) is 42.2 Å². The van der Waals surface area contributed by atoms with E-state index in [0.29, 0.717) is 0 Å². The van der Waals surface area contributed by atoms with Gasteiger partial charge >= 0.3 is 0 Å². The highest BCUT2D eigenvalue weighted by Gasteiger charge is 2.14. The zero-order valence-corrected chi connectivity index (χ0v) is 14.6. The first kappa shape index (κ1) is 17.4. The summed E-state index contributed by atoms with van der Waals surface area (Å²) < 4.78 is 0. The van der Waals surface area contributed by atoms with Crippen LogP contribution in [-0.2, 0) is 4.79 Å². The molecule has 0 aliphatic carbocycles. The van der Waals surface area contributed by atoms with Gasteiger partial charge < -0.3 is 10.2 Å². The molecule has 122 valence electrons. The fourth-order valence-corrected chi connectivity index (χ4v) is 3.61. The van der Waals surface area contributed by atoms with Gasteiger partial charge in [0.1, 0.15) is 0 Å². The molecule has 0 spiro atoms. The number of amides is 1. The predicted molar refractivity (Wildman–Crippen MR) is 94.4 cm³/mol. The molecule has 22 heavy (non-hydrogen) atoms. The van der Waals surface area contributed by atoms with Gasteiger partial charge in [0.05, 0.1) is 5.25 Å². The Kier molecular flexibility index (Phi) is 7.26. The lowest BCUT2D eigenvalue weighted by Gasteiger charge is -2.26. The van der Waals surface area contributed by atoms with Crippen molar-refractivity contribution in [2.75, 3.05) is 26.2 Å². The number of hydrogen-bond donors (Lipinski definition) is 1. The smallest absolute Gasteiger partial charge is 0.233 e. The molecule has 4 heteroatoms. The van der Waals surface area contributed by atoms with E-state index in [1.54, 1.807) is 11.8 Å². The van der Waals surface area contributed by atoms with Gasteiger partial charge in [-0.3, -0.25) is 4.79 Å². The number of carbonyl (C=O) groups is 1. The number of benzene rings is 1. The van der Waals surface area contributed by atoms with Crippen molar-refractivity contribution in [3.8, 4) is 0 Å². The lowest BCUT2D eigenvalue weighted by atomic mass is 10.1. The normalized spacial score (nSPS) is 17.2. The monoisotopic (exact) mass is 320 g/mol. The predicted octanol–water partition coefficient (Wildman–Crippen LogP) is 3.47. The van der Waals surface area contributed by atoms with E-state index in [9.17, 15) is 4.79 Å². The van der Waals surface area contributed by atoms with E-state index < -0.39 is 0 Å². The Hall–Kier alpha value is -1.00. The Labute approximate surface area is 138 Å². The number of hydrogen-bond acceptors (Lipinski definition) is 3. The number of nitrogens with one attached hydrogen (secondary N) is 1. The van der Waals surface area contributed by atoms with E-state index in [4.69, 9.17) is 0 Å². The molecule has 1 aliphatic rings. The number of likely N-dealkylation sites (tertiary alicyclic amines) is 1. The van der Waals surface area contributed by atoms with Crippen molar-refractivity contribution in [1.82, 2.24) is 10.2 Å². The largest absolute Gasteiger partial charge is 0.355 e. The number of carbonyl (C=O) groups excluding carboxylic acids is 1. The van der Waals surface area contributed by atoms with E-state index in [1.807, 2.05) is 6.92 Å². The second-order valence-corrected chi connectivity index (χ2v) is 7.53. The first-order valence-corrected chi connectivity index (χ1v) is 9.26. The number of rotatable bonds is 7. The summed E-state index contributed by atoms with van der Waals surface area (Å²) in [5.41, 5.74) is 1.25. The molecular weight excluding hydrogens is 292 g/mol. The fraction of sp³-hybridized carbons (Fsp3) is 0.611. The molecule has 1 amide bonds. The maximum absolute atomic E-state index is 12.1. The molecule has 1 aromatic carbocycles. The molecule has 1 fully saturated rings. The van der Waals surface area contributed by atoms with Crippen molar-refractivity contribution >= 4 is 17.7 Å². The maximum Gasteiger partial charge on any atom is 0.233 e. The zero-order chi connectivity index (χ0) is 15.8. The molecule has 1 N–H and O–H groups in total. The van der Waals surface area contributed by atoms with Crippen molar-refractivity contribution in [3.05, 3.63) is 29.8 Å². The summed E-state index contributed by atoms with van der Waals surface area (Å²) in [6.45, 7) is 8.41. The summed E-state index contributed by atoms with van der Waals surface area (Å²) in [5, 5.41) is 3.02. The third kappa shape index (κ3) is 6.01. The quantitative estimate of drug-likeness (QED) is 0.617. The highest BCUT2D eigenvalue weighted by Crippen LogP contribution is 2.23. The van der Waals surface area contributed by atoms with E-state index in [0.717, 1.165) is 24.4 Å². The maximum atomic E-state index is 12.1. The van der Waals surface area contributed by atoms with Crippen LogP contribution in [0.4, 0.5) is 0 Å². The molecule has 2 rings (SSSR count). The van der Waals surface area contributed by atoms with Crippen LogP contribution in [0.15, 0.2) is 29.2 Å². The van der Waals surface area contributed by atoms with Gasteiger partial charge in [-0.05, 0) is 64.9 Å². The first-order chi connectivity index (χ1) is 10.6. The topological polar surface area (TPSA) is 32.3 Å². The molecule has 0 saturated carbocycles. The minimum Gasteiger partial charge on any atom is -0.355 e. The Bertz CT molecular complexity index is 455.